The van der Waals surface area contributed by atoms with Crippen molar-refractivity contribution in [2.75, 3.05) is 0 Å². The number of aromatic hydroxyl groups is 2. The molecule has 114 valence electrons. The van der Waals surface area contributed by atoms with Crippen molar-refractivity contribution >= 4 is 59.9 Å². The molecule has 0 aliphatic rings. The molecule has 0 aliphatic carbocycles. The molecule has 2 aromatic carbocycles. The molecule has 0 radical (unpaired) electrons. The Labute approximate surface area is 151 Å². The van der Waals surface area contributed by atoms with Gasteiger partial charge in [-0.2, -0.15) is 5.10 Å². The molecule has 0 saturated carbocycles. The van der Waals surface area contributed by atoms with Gasteiger partial charge in [0.2, 0.25) is 0 Å². The predicted octanol–water partition coefficient (Wildman–Crippen LogP) is 4.15. The lowest BCUT2D eigenvalue weighted by atomic mass is 10.2. The van der Waals surface area contributed by atoms with Gasteiger partial charge in [-0.15, -0.1) is 0 Å². The molecule has 0 fully saturated rings. The maximum atomic E-state index is 11.9. The van der Waals surface area contributed by atoms with Gasteiger partial charge in [0.1, 0.15) is 11.5 Å². The van der Waals surface area contributed by atoms with Crippen LogP contribution in [0.25, 0.3) is 0 Å². The molecule has 0 aromatic heterocycles. The molecular weight excluding hydrogens is 484 g/mol. The summed E-state index contributed by atoms with van der Waals surface area (Å²) in [6.07, 6.45) is 1.39. The highest BCUT2D eigenvalue weighted by Crippen LogP contribution is 2.38. The molecular formula is C14H9Br3N2O3. The molecule has 1 amide bonds. The predicted molar refractivity (Wildman–Crippen MR) is 94.4 cm³/mol. The van der Waals surface area contributed by atoms with Crippen LogP contribution in [-0.2, 0) is 0 Å². The number of carbonyl (C=O) groups is 1. The average molecular weight is 493 g/mol. The smallest absolute Gasteiger partial charge is 0.271 e. The number of carbonyl (C=O) groups excluding carboxylic acids is 1. The van der Waals surface area contributed by atoms with Gasteiger partial charge >= 0.3 is 0 Å². The Hall–Kier alpha value is -1.38. The Morgan fingerprint density at radius 2 is 1.86 bits per heavy atom. The Bertz CT molecular complexity index is 763. The normalized spacial score (nSPS) is 10.9. The van der Waals surface area contributed by atoms with Crippen molar-refractivity contribution in [3.8, 4) is 11.5 Å². The Balaban J connectivity index is 2.17. The number of halogens is 3. The largest absolute Gasteiger partial charge is 0.508 e. The Morgan fingerprint density at radius 3 is 2.55 bits per heavy atom. The number of benzene rings is 2. The van der Waals surface area contributed by atoms with E-state index in [0.717, 1.165) is 0 Å². The number of hydrogen-bond donors (Lipinski definition) is 3. The van der Waals surface area contributed by atoms with E-state index in [4.69, 9.17) is 0 Å². The third-order valence-electron chi connectivity index (χ3n) is 2.65. The van der Waals surface area contributed by atoms with Gasteiger partial charge in [0.05, 0.1) is 15.2 Å². The van der Waals surface area contributed by atoms with Gasteiger partial charge in [-0.3, -0.25) is 4.79 Å². The fourth-order valence-electron chi connectivity index (χ4n) is 1.58. The first-order valence-electron chi connectivity index (χ1n) is 5.89. The van der Waals surface area contributed by atoms with Crippen molar-refractivity contribution in [1.82, 2.24) is 5.43 Å². The van der Waals surface area contributed by atoms with Gasteiger partial charge in [0.15, 0.2) is 0 Å². The highest BCUT2D eigenvalue weighted by molar-refractivity contribution is 9.11. The molecule has 3 N–H and O–H groups in total. The molecule has 0 spiro atoms. The van der Waals surface area contributed by atoms with Crippen LogP contribution in [-0.4, -0.2) is 22.3 Å². The van der Waals surface area contributed by atoms with Crippen molar-refractivity contribution in [2.45, 2.75) is 0 Å². The first-order chi connectivity index (χ1) is 10.4. The van der Waals surface area contributed by atoms with Crippen molar-refractivity contribution in [1.29, 1.82) is 0 Å². The standard InChI is InChI=1S/C14H9Br3N2O3/c15-10-5-11(16)13(21)12(17)9(10)6-18-19-14(22)7-2-1-3-8(20)4-7/h1-6,20-21H,(H,19,22)/b18-6-. The van der Waals surface area contributed by atoms with Crippen LogP contribution >= 0.6 is 47.8 Å². The zero-order valence-corrected chi connectivity index (χ0v) is 15.6. The molecule has 0 bridgehead atoms. The monoisotopic (exact) mass is 490 g/mol. The number of phenols is 2. The summed E-state index contributed by atoms with van der Waals surface area (Å²) in [4.78, 5) is 11.9. The zero-order valence-electron chi connectivity index (χ0n) is 10.8. The molecule has 22 heavy (non-hydrogen) atoms. The highest BCUT2D eigenvalue weighted by Gasteiger charge is 2.12. The lowest BCUT2D eigenvalue weighted by Gasteiger charge is -2.06. The lowest BCUT2D eigenvalue weighted by Crippen LogP contribution is -2.17. The second-order valence-electron chi connectivity index (χ2n) is 4.17. The van der Waals surface area contributed by atoms with Crippen LogP contribution < -0.4 is 5.43 Å². The van der Waals surface area contributed by atoms with Crippen LogP contribution in [0.1, 0.15) is 15.9 Å². The van der Waals surface area contributed by atoms with Crippen molar-refractivity contribution < 1.29 is 15.0 Å². The SMILES string of the molecule is O=C(N/N=C\c1c(Br)cc(Br)c(O)c1Br)c1cccc(O)c1. The Morgan fingerprint density at radius 1 is 1.14 bits per heavy atom. The third-order valence-corrected chi connectivity index (χ3v) is 4.71. The molecule has 0 unspecified atom stereocenters. The topological polar surface area (TPSA) is 81.9 Å². The van der Waals surface area contributed by atoms with E-state index in [1.54, 1.807) is 18.2 Å². The number of phenolic OH excluding ortho intramolecular Hbond substituents is 2. The molecule has 0 heterocycles. The van der Waals surface area contributed by atoms with Crippen LogP contribution in [0.15, 0.2) is 48.9 Å². The minimum absolute atomic E-state index is 0.0000459. The molecule has 0 atom stereocenters. The summed E-state index contributed by atoms with van der Waals surface area (Å²) in [6, 6.07) is 7.59. The summed E-state index contributed by atoms with van der Waals surface area (Å²) in [5.41, 5.74) is 3.20. The molecule has 0 aliphatic heterocycles. The highest BCUT2D eigenvalue weighted by atomic mass is 79.9. The number of nitrogens with one attached hydrogen (secondary N) is 1. The summed E-state index contributed by atoms with van der Waals surface area (Å²) in [5, 5.41) is 23.0. The van der Waals surface area contributed by atoms with Crippen LogP contribution in [0.2, 0.25) is 0 Å². The summed E-state index contributed by atoms with van der Waals surface area (Å²) < 4.78 is 1.63. The molecule has 2 rings (SSSR count). The van der Waals surface area contributed by atoms with Crippen molar-refractivity contribution in [3.05, 3.63) is 54.9 Å². The maximum absolute atomic E-state index is 11.9. The second kappa shape index (κ2) is 7.26. The van der Waals surface area contributed by atoms with Crippen molar-refractivity contribution in [2.24, 2.45) is 5.10 Å². The molecule has 2 aromatic rings. The van der Waals surface area contributed by atoms with E-state index >= 15 is 0 Å². The van der Waals surface area contributed by atoms with E-state index in [-0.39, 0.29) is 17.1 Å². The summed E-state index contributed by atoms with van der Waals surface area (Å²) in [6.45, 7) is 0. The summed E-state index contributed by atoms with van der Waals surface area (Å²) in [5.74, 6) is -0.426. The van der Waals surface area contributed by atoms with E-state index in [0.29, 0.717) is 19.0 Å². The first-order valence-corrected chi connectivity index (χ1v) is 8.27. The van der Waals surface area contributed by atoms with Gasteiger partial charge < -0.3 is 10.2 Å². The summed E-state index contributed by atoms with van der Waals surface area (Å²) >= 11 is 9.81. The third kappa shape index (κ3) is 3.88. The maximum Gasteiger partial charge on any atom is 0.271 e. The summed E-state index contributed by atoms with van der Waals surface area (Å²) in [7, 11) is 0. The van der Waals surface area contributed by atoms with Crippen LogP contribution in [0.3, 0.4) is 0 Å². The molecule has 0 saturated heterocycles. The van der Waals surface area contributed by atoms with Crippen molar-refractivity contribution in [3.63, 3.8) is 0 Å². The van der Waals surface area contributed by atoms with Crippen LogP contribution in [0.5, 0.6) is 11.5 Å². The van der Waals surface area contributed by atoms with E-state index in [1.165, 1.54) is 18.3 Å². The average Bonchev–Trinajstić information content (AvgIpc) is 2.48. The minimum Gasteiger partial charge on any atom is -0.508 e. The van der Waals surface area contributed by atoms with E-state index < -0.39 is 5.91 Å². The van der Waals surface area contributed by atoms with E-state index in [2.05, 4.69) is 58.3 Å². The Kier molecular flexibility index (Phi) is 5.60. The fourth-order valence-corrected chi connectivity index (χ4v) is 3.91. The van der Waals surface area contributed by atoms with Gasteiger partial charge in [-0.05, 0) is 56.1 Å². The van der Waals surface area contributed by atoms with Gasteiger partial charge in [0.25, 0.3) is 5.91 Å². The first kappa shape index (κ1) is 17.0. The van der Waals surface area contributed by atoms with Crippen LogP contribution in [0, 0.1) is 0 Å². The van der Waals surface area contributed by atoms with Crippen LogP contribution in [0.4, 0.5) is 0 Å². The minimum atomic E-state index is -0.458. The number of amides is 1. The number of hydrazone groups is 1. The van der Waals surface area contributed by atoms with Gasteiger partial charge in [-0.25, -0.2) is 5.43 Å². The van der Waals surface area contributed by atoms with Gasteiger partial charge in [-0.1, -0.05) is 22.0 Å². The number of nitrogens with zero attached hydrogens (tertiary/aromatic N) is 1. The van der Waals surface area contributed by atoms with E-state index in [9.17, 15) is 15.0 Å². The fraction of sp³-hybridized carbons (Fsp3) is 0. The van der Waals surface area contributed by atoms with E-state index in [1.807, 2.05) is 0 Å². The quantitative estimate of drug-likeness (QED) is 0.445. The second-order valence-corrected chi connectivity index (χ2v) is 6.67. The number of hydrogen-bond acceptors (Lipinski definition) is 4. The molecule has 5 nitrogen and oxygen atoms in total. The lowest BCUT2D eigenvalue weighted by molar-refractivity contribution is 0.0954. The zero-order chi connectivity index (χ0) is 16.3. The number of rotatable bonds is 3. The molecule has 8 heteroatoms. The van der Waals surface area contributed by atoms with Gasteiger partial charge in [0, 0.05) is 15.6 Å².